The van der Waals surface area contributed by atoms with Gasteiger partial charge in [0, 0.05) is 54.0 Å². The molecule has 0 aliphatic carbocycles. The molecule has 0 atom stereocenters. The molecular weight excluding hydrogens is 622 g/mol. The van der Waals surface area contributed by atoms with Crippen molar-refractivity contribution in [1.82, 2.24) is 14.3 Å². The number of rotatable bonds is 9. The highest BCUT2D eigenvalue weighted by atomic mass is 79.9. The quantitative estimate of drug-likeness (QED) is 0.145. The molecule has 8 nitrogen and oxygen atoms in total. The second-order valence-electron chi connectivity index (χ2n) is 12.5. The molecule has 1 aliphatic rings. The molecule has 43 heavy (non-hydrogen) atoms. The number of aromatic nitrogens is 3. The van der Waals surface area contributed by atoms with E-state index in [0.29, 0.717) is 5.56 Å². The Kier molecular flexibility index (Phi) is 8.98. The first-order valence-electron chi connectivity index (χ1n) is 14.7. The third-order valence-electron chi connectivity index (χ3n) is 8.60. The van der Waals surface area contributed by atoms with Crippen molar-refractivity contribution >= 4 is 41.4 Å². The maximum Gasteiger partial charge on any atom is 0.350 e. The molecule has 0 radical (unpaired) electrons. The van der Waals surface area contributed by atoms with E-state index >= 15 is 0 Å². The van der Waals surface area contributed by atoms with Crippen LogP contribution >= 0.6 is 15.9 Å². The van der Waals surface area contributed by atoms with Crippen molar-refractivity contribution in [3.8, 4) is 11.4 Å². The summed E-state index contributed by atoms with van der Waals surface area (Å²) in [6.45, 7) is 15.2. The Morgan fingerprint density at radius 1 is 0.837 bits per heavy atom. The Hall–Kier alpha value is -3.63. The summed E-state index contributed by atoms with van der Waals surface area (Å²) in [7, 11) is -1.86. The van der Waals surface area contributed by atoms with Gasteiger partial charge in [0.2, 0.25) is 8.32 Å². The van der Waals surface area contributed by atoms with Gasteiger partial charge >= 0.3 is 5.69 Å². The molecule has 2 heterocycles. The van der Waals surface area contributed by atoms with Crippen molar-refractivity contribution in [2.24, 2.45) is 0 Å². The van der Waals surface area contributed by atoms with Crippen molar-refractivity contribution in [3.05, 3.63) is 99.6 Å². The number of piperazine rings is 1. The van der Waals surface area contributed by atoms with Gasteiger partial charge in [-0.15, -0.1) is 0 Å². The fourth-order valence-electron chi connectivity index (χ4n) is 4.87. The topological polar surface area (TPSA) is 72.6 Å². The third kappa shape index (κ3) is 7.13. The molecule has 0 N–H and O–H groups in total. The van der Waals surface area contributed by atoms with Crippen molar-refractivity contribution in [1.29, 1.82) is 0 Å². The largest absolute Gasteiger partial charge is 0.544 e. The summed E-state index contributed by atoms with van der Waals surface area (Å²) < 4.78 is 10.2. The van der Waals surface area contributed by atoms with Gasteiger partial charge in [-0.25, -0.2) is 14.0 Å². The molecule has 3 aromatic carbocycles. The molecule has 0 saturated carbocycles. The van der Waals surface area contributed by atoms with Crippen LogP contribution in [0.15, 0.2) is 88.4 Å². The van der Waals surface area contributed by atoms with Crippen LogP contribution in [-0.4, -0.2) is 54.6 Å². The molecule has 226 valence electrons. The minimum absolute atomic E-state index is 0.0222. The molecular formula is C33H40BrN5O3Si. The zero-order valence-electron chi connectivity index (χ0n) is 25.6. The molecule has 1 fully saturated rings. The summed E-state index contributed by atoms with van der Waals surface area (Å²) in [5.74, 6) is 0.930. The maximum atomic E-state index is 13.0. The van der Waals surface area contributed by atoms with Crippen molar-refractivity contribution in [3.63, 3.8) is 0 Å². The molecule has 0 spiro atoms. The fourth-order valence-corrected chi connectivity index (χ4v) is 6.17. The molecule has 0 amide bonds. The van der Waals surface area contributed by atoms with Gasteiger partial charge in [-0.2, -0.15) is 5.10 Å². The van der Waals surface area contributed by atoms with Gasteiger partial charge in [0.05, 0.1) is 12.2 Å². The Bertz CT molecular complexity index is 1600. The smallest absolute Gasteiger partial charge is 0.350 e. The number of carbonyl (C=O) groups is 1. The Balaban J connectivity index is 1.15. The zero-order valence-corrected chi connectivity index (χ0v) is 28.2. The summed E-state index contributed by atoms with van der Waals surface area (Å²) in [5.41, 5.74) is 3.45. The van der Waals surface area contributed by atoms with Crippen molar-refractivity contribution in [2.75, 3.05) is 36.0 Å². The predicted molar refractivity (Wildman–Crippen MR) is 180 cm³/mol. The minimum atomic E-state index is -1.86. The molecule has 1 aromatic heterocycles. The van der Waals surface area contributed by atoms with E-state index in [1.807, 2.05) is 24.3 Å². The number of anilines is 2. The highest BCUT2D eigenvalue weighted by Crippen LogP contribution is 2.37. The van der Waals surface area contributed by atoms with Crippen LogP contribution in [0.2, 0.25) is 18.1 Å². The van der Waals surface area contributed by atoms with Crippen molar-refractivity contribution in [2.45, 2.75) is 51.9 Å². The third-order valence-corrected chi connectivity index (χ3v) is 13.5. The summed E-state index contributed by atoms with van der Waals surface area (Å²) in [6.07, 6.45) is 1.72. The van der Waals surface area contributed by atoms with Crippen LogP contribution in [0.4, 0.5) is 11.4 Å². The average molecular weight is 663 g/mol. The highest BCUT2D eigenvalue weighted by molar-refractivity contribution is 9.10. The van der Waals surface area contributed by atoms with Gasteiger partial charge in [0.1, 0.15) is 12.1 Å². The number of Topliss-reactive ketones (excluding diaryl/α,β-unsaturated/α-hetero) is 1. The second kappa shape index (κ2) is 12.5. The van der Waals surface area contributed by atoms with E-state index in [2.05, 4.69) is 101 Å². The number of ketones is 1. The van der Waals surface area contributed by atoms with Gasteiger partial charge in [0.25, 0.3) is 0 Å². The molecule has 5 rings (SSSR count). The van der Waals surface area contributed by atoms with E-state index < -0.39 is 8.32 Å². The average Bonchev–Trinajstić information content (AvgIpc) is 3.36. The SMILES string of the molecule is CC(C)(C)[Si](C)(C)Oc1ccc(N2CCN(c3ccc(-n4cnn(CCC(=O)c5ccc(Br)cc5)c4=O)cc3)CC2)cc1. The van der Waals surface area contributed by atoms with E-state index in [9.17, 15) is 9.59 Å². The van der Waals surface area contributed by atoms with Gasteiger partial charge in [-0.1, -0.05) is 48.8 Å². The summed E-state index contributed by atoms with van der Waals surface area (Å²) in [4.78, 5) is 30.3. The Morgan fingerprint density at radius 2 is 1.35 bits per heavy atom. The fraction of sp³-hybridized carbons (Fsp3) is 0.364. The normalized spacial score (nSPS) is 14.2. The maximum absolute atomic E-state index is 13.0. The Morgan fingerprint density at radius 3 is 1.88 bits per heavy atom. The van der Waals surface area contributed by atoms with E-state index in [4.69, 9.17) is 4.43 Å². The van der Waals surface area contributed by atoms with E-state index in [-0.39, 0.29) is 29.5 Å². The van der Waals surface area contributed by atoms with Crippen LogP contribution in [0.5, 0.6) is 5.75 Å². The number of carbonyl (C=O) groups excluding carboxylic acids is 1. The number of hydrogen-bond donors (Lipinski definition) is 0. The van der Waals surface area contributed by atoms with E-state index in [0.717, 1.165) is 47.8 Å². The highest BCUT2D eigenvalue weighted by Gasteiger charge is 2.39. The van der Waals surface area contributed by atoms with Crippen LogP contribution in [-0.2, 0) is 6.54 Å². The van der Waals surface area contributed by atoms with Crippen molar-refractivity contribution < 1.29 is 9.22 Å². The van der Waals surface area contributed by atoms with Gasteiger partial charge in [0.15, 0.2) is 5.78 Å². The lowest BCUT2D eigenvalue weighted by Crippen LogP contribution is -2.46. The predicted octanol–water partition coefficient (Wildman–Crippen LogP) is 6.78. The van der Waals surface area contributed by atoms with Gasteiger partial charge < -0.3 is 14.2 Å². The number of nitrogens with zero attached hydrogens (tertiary/aromatic N) is 5. The van der Waals surface area contributed by atoms with E-state index in [1.54, 1.807) is 12.1 Å². The standard InChI is InChI=1S/C33H40BrN5O3Si/c1-33(2,3)43(4,5)42-30-16-14-28(15-17-30)37-22-20-36(21-23-37)27-10-12-29(13-11-27)38-24-35-39(32(38)41)19-18-31(40)25-6-8-26(34)9-7-25/h6-17,24H,18-23H2,1-5H3. The Labute approximate surface area is 263 Å². The van der Waals surface area contributed by atoms with Crippen LogP contribution in [0, 0.1) is 0 Å². The van der Waals surface area contributed by atoms with Crippen LogP contribution < -0.4 is 19.9 Å². The summed E-state index contributed by atoms with van der Waals surface area (Å²) in [6, 6.07) is 23.8. The number of aryl methyl sites for hydroxylation is 1. The van der Waals surface area contributed by atoms with Crippen LogP contribution in [0.3, 0.4) is 0 Å². The van der Waals surface area contributed by atoms with Gasteiger partial charge in [-0.3, -0.25) is 4.79 Å². The zero-order chi connectivity index (χ0) is 30.8. The second-order valence-corrected chi connectivity index (χ2v) is 18.2. The molecule has 1 saturated heterocycles. The summed E-state index contributed by atoms with van der Waals surface area (Å²) in [5, 5.41) is 4.41. The number of hydrogen-bond acceptors (Lipinski definition) is 6. The molecule has 4 aromatic rings. The number of halogens is 1. The first-order chi connectivity index (χ1) is 20.4. The van der Waals surface area contributed by atoms with Crippen LogP contribution in [0.25, 0.3) is 5.69 Å². The molecule has 0 unspecified atom stereocenters. The van der Waals surface area contributed by atoms with Crippen LogP contribution in [0.1, 0.15) is 37.6 Å². The van der Waals surface area contributed by atoms with Gasteiger partial charge in [-0.05, 0) is 78.8 Å². The molecule has 10 heteroatoms. The lowest BCUT2D eigenvalue weighted by molar-refractivity contribution is 0.0975. The lowest BCUT2D eigenvalue weighted by atomic mass is 10.1. The minimum Gasteiger partial charge on any atom is -0.544 e. The lowest BCUT2D eigenvalue weighted by Gasteiger charge is -2.38. The van der Waals surface area contributed by atoms with E-state index in [1.165, 1.54) is 21.3 Å². The number of benzene rings is 3. The molecule has 0 bridgehead atoms. The first-order valence-corrected chi connectivity index (χ1v) is 18.4. The monoisotopic (exact) mass is 661 g/mol. The molecule has 1 aliphatic heterocycles. The summed E-state index contributed by atoms with van der Waals surface area (Å²) >= 11 is 3.38. The first kappa shape index (κ1) is 30.8.